The van der Waals surface area contributed by atoms with Gasteiger partial charge in [0.2, 0.25) is 0 Å². The third-order valence-corrected chi connectivity index (χ3v) is 3.38. The van der Waals surface area contributed by atoms with Crippen LogP contribution in [0.1, 0.15) is 16.7 Å². The van der Waals surface area contributed by atoms with Crippen LogP contribution in [-0.2, 0) is 0 Å². The molecule has 2 aromatic rings. The maximum Gasteiger partial charge on any atom is 0.295 e. The molecule has 0 bridgehead atoms. The fourth-order valence-electron chi connectivity index (χ4n) is 2.05. The Morgan fingerprint density at radius 1 is 1.16 bits per heavy atom. The lowest BCUT2D eigenvalue weighted by Gasteiger charge is -2.11. The summed E-state index contributed by atoms with van der Waals surface area (Å²) in [5, 5.41) is 33.1. The summed E-state index contributed by atoms with van der Waals surface area (Å²) < 4.78 is 0. The molecule has 0 unspecified atom stereocenters. The first-order chi connectivity index (χ1) is 12.0. The summed E-state index contributed by atoms with van der Waals surface area (Å²) in [6.07, 6.45) is 1.51. The molecule has 0 saturated carbocycles. The molecule has 8 nitrogen and oxygen atoms in total. The van der Waals surface area contributed by atoms with Crippen LogP contribution in [0.3, 0.4) is 0 Å². The van der Waals surface area contributed by atoms with Crippen molar-refractivity contribution in [2.45, 2.75) is 0 Å². The Kier molecular flexibility index (Phi) is 5.29. The first kappa shape index (κ1) is 17.4. The second-order valence-electron chi connectivity index (χ2n) is 5.25. The number of hydrogen-bond donors (Lipinski definition) is 1. The first-order valence-electron chi connectivity index (χ1n) is 7.15. The molecule has 1 N–H and O–H groups in total. The van der Waals surface area contributed by atoms with Crippen molar-refractivity contribution in [3.8, 4) is 12.1 Å². The van der Waals surface area contributed by atoms with E-state index in [2.05, 4.69) is 10.5 Å². The van der Waals surface area contributed by atoms with Crippen LogP contribution in [-0.4, -0.2) is 25.2 Å². The number of nitro benzene ring substituents is 1. The highest BCUT2D eigenvalue weighted by atomic mass is 16.6. The van der Waals surface area contributed by atoms with Crippen molar-refractivity contribution in [2.24, 2.45) is 5.10 Å². The number of nitrogens with zero attached hydrogens (tertiary/aromatic N) is 5. The smallest absolute Gasteiger partial charge is 0.295 e. The van der Waals surface area contributed by atoms with Crippen molar-refractivity contribution in [3.05, 3.63) is 63.2 Å². The Morgan fingerprint density at radius 2 is 1.76 bits per heavy atom. The van der Waals surface area contributed by atoms with E-state index < -0.39 is 4.92 Å². The van der Waals surface area contributed by atoms with E-state index in [-0.39, 0.29) is 22.5 Å². The van der Waals surface area contributed by atoms with Gasteiger partial charge in [-0.3, -0.25) is 15.5 Å². The molecule has 0 aliphatic rings. The van der Waals surface area contributed by atoms with Gasteiger partial charge >= 0.3 is 0 Å². The highest BCUT2D eigenvalue weighted by Gasteiger charge is 2.18. The van der Waals surface area contributed by atoms with Crippen LogP contribution in [0, 0.1) is 32.8 Å². The summed E-state index contributed by atoms with van der Waals surface area (Å²) >= 11 is 0. The SMILES string of the molecule is CN(C)c1ccc(/C=N\Nc2cc(C#N)c(C#N)cc2[N+](=O)[O-])cc1. The molecule has 0 radical (unpaired) electrons. The Morgan fingerprint density at radius 3 is 2.28 bits per heavy atom. The van der Waals surface area contributed by atoms with E-state index in [1.165, 1.54) is 12.3 Å². The third kappa shape index (κ3) is 4.09. The van der Waals surface area contributed by atoms with Crippen LogP contribution in [0.5, 0.6) is 0 Å². The maximum absolute atomic E-state index is 11.1. The second-order valence-corrected chi connectivity index (χ2v) is 5.25. The molecule has 8 heteroatoms. The molecule has 0 amide bonds. The number of hydrazone groups is 1. The standard InChI is InChI=1S/C17H14N6O2/c1-22(2)15-5-3-12(4-6-15)11-20-21-16-7-13(9-18)14(10-19)8-17(16)23(24)25/h3-8,11,21H,1-2H3/b20-11-. The predicted molar refractivity (Wildman–Crippen MR) is 94.5 cm³/mol. The van der Waals surface area contributed by atoms with E-state index in [0.29, 0.717) is 0 Å². The molecule has 2 rings (SSSR count). The minimum Gasteiger partial charge on any atom is -0.378 e. The van der Waals surface area contributed by atoms with E-state index in [1.54, 1.807) is 6.07 Å². The van der Waals surface area contributed by atoms with Gasteiger partial charge in [-0.15, -0.1) is 0 Å². The van der Waals surface area contributed by atoms with Crippen LogP contribution >= 0.6 is 0 Å². The van der Waals surface area contributed by atoms with Crippen molar-refractivity contribution in [2.75, 3.05) is 24.4 Å². The molecule has 0 aromatic heterocycles. The van der Waals surface area contributed by atoms with Gasteiger partial charge in [-0.2, -0.15) is 15.6 Å². The van der Waals surface area contributed by atoms with E-state index >= 15 is 0 Å². The summed E-state index contributed by atoms with van der Waals surface area (Å²) in [5.41, 5.74) is 4.11. The summed E-state index contributed by atoms with van der Waals surface area (Å²) in [4.78, 5) is 12.5. The van der Waals surface area contributed by atoms with Crippen LogP contribution in [0.25, 0.3) is 0 Å². The lowest BCUT2D eigenvalue weighted by atomic mass is 10.1. The van der Waals surface area contributed by atoms with Gasteiger partial charge in [0.05, 0.1) is 22.3 Å². The minimum atomic E-state index is -0.633. The molecule has 124 valence electrons. The van der Waals surface area contributed by atoms with Crippen LogP contribution in [0.15, 0.2) is 41.5 Å². The summed E-state index contributed by atoms with van der Waals surface area (Å²) in [6, 6.07) is 13.4. The topological polar surface area (TPSA) is 118 Å². The summed E-state index contributed by atoms with van der Waals surface area (Å²) in [6.45, 7) is 0. The van der Waals surface area contributed by atoms with Crippen LogP contribution in [0.2, 0.25) is 0 Å². The monoisotopic (exact) mass is 334 g/mol. The number of nitrogens with one attached hydrogen (secondary N) is 1. The van der Waals surface area contributed by atoms with Gasteiger partial charge in [0.15, 0.2) is 0 Å². The number of hydrogen-bond acceptors (Lipinski definition) is 7. The Labute approximate surface area is 144 Å². The van der Waals surface area contributed by atoms with Gasteiger partial charge in [0.1, 0.15) is 17.8 Å². The fraction of sp³-hybridized carbons (Fsp3) is 0.118. The molecule has 0 spiro atoms. The van der Waals surface area contributed by atoms with Crippen molar-refractivity contribution in [1.82, 2.24) is 0 Å². The lowest BCUT2D eigenvalue weighted by Crippen LogP contribution is -2.08. The first-order valence-corrected chi connectivity index (χ1v) is 7.15. The van der Waals surface area contributed by atoms with E-state index in [9.17, 15) is 10.1 Å². The average Bonchev–Trinajstić information content (AvgIpc) is 2.61. The van der Waals surface area contributed by atoms with Crippen molar-refractivity contribution >= 4 is 23.3 Å². The molecule has 0 atom stereocenters. The third-order valence-electron chi connectivity index (χ3n) is 3.38. The summed E-state index contributed by atoms with van der Waals surface area (Å²) in [5.74, 6) is 0. The molecule has 25 heavy (non-hydrogen) atoms. The molecule has 2 aromatic carbocycles. The quantitative estimate of drug-likeness (QED) is 0.510. The maximum atomic E-state index is 11.1. The molecule has 0 saturated heterocycles. The lowest BCUT2D eigenvalue weighted by molar-refractivity contribution is -0.384. The highest BCUT2D eigenvalue weighted by molar-refractivity contribution is 5.81. The second kappa shape index (κ2) is 7.57. The largest absolute Gasteiger partial charge is 0.378 e. The normalized spacial score (nSPS) is 10.1. The van der Waals surface area contributed by atoms with Gasteiger partial charge in [-0.1, -0.05) is 12.1 Å². The van der Waals surface area contributed by atoms with E-state index in [4.69, 9.17) is 10.5 Å². The van der Waals surface area contributed by atoms with E-state index in [0.717, 1.165) is 17.3 Å². The molecular weight excluding hydrogens is 320 g/mol. The van der Waals surface area contributed by atoms with Gasteiger partial charge in [-0.05, 0) is 23.8 Å². The van der Waals surface area contributed by atoms with Crippen LogP contribution in [0.4, 0.5) is 17.1 Å². The number of anilines is 2. The van der Waals surface area contributed by atoms with Gasteiger partial charge in [0, 0.05) is 25.8 Å². The van der Waals surface area contributed by atoms with Crippen molar-refractivity contribution in [1.29, 1.82) is 10.5 Å². The number of benzene rings is 2. The molecule has 0 aliphatic carbocycles. The number of nitro groups is 1. The predicted octanol–water partition coefficient (Wildman–Crippen LogP) is 2.85. The molecule has 0 heterocycles. The van der Waals surface area contributed by atoms with Gasteiger partial charge in [0.25, 0.3) is 5.69 Å². The number of nitriles is 2. The summed E-state index contributed by atoms with van der Waals surface area (Å²) in [7, 11) is 3.86. The zero-order valence-electron chi connectivity index (χ0n) is 13.6. The molecule has 0 aliphatic heterocycles. The molecule has 0 fully saturated rings. The van der Waals surface area contributed by atoms with E-state index in [1.807, 2.05) is 49.3 Å². The zero-order chi connectivity index (χ0) is 18.4. The Hall–Kier alpha value is -3.91. The number of rotatable bonds is 5. The van der Waals surface area contributed by atoms with Gasteiger partial charge < -0.3 is 4.90 Å². The van der Waals surface area contributed by atoms with Crippen molar-refractivity contribution < 1.29 is 4.92 Å². The van der Waals surface area contributed by atoms with Crippen molar-refractivity contribution in [3.63, 3.8) is 0 Å². The fourth-order valence-corrected chi connectivity index (χ4v) is 2.05. The van der Waals surface area contributed by atoms with Crippen LogP contribution < -0.4 is 10.3 Å². The Balaban J connectivity index is 2.26. The average molecular weight is 334 g/mol. The highest BCUT2D eigenvalue weighted by Crippen LogP contribution is 2.28. The minimum absolute atomic E-state index is 0.0427. The zero-order valence-corrected chi connectivity index (χ0v) is 13.6. The van der Waals surface area contributed by atoms with Gasteiger partial charge in [-0.25, -0.2) is 0 Å². The Bertz CT molecular complexity index is 904. The molecular formula is C17H14N6O2.